The second-order valence-electron chi connectivity index (χ2n) is 4.16. The highest BCUT2D eigenvalue weighted by atomic mass is 35.5. The molecule has 20 heavy (non-hydrogen) atoms. The van der Waals surface area contributed by atoms with Crippen molar-refractivity contribution in [1.29, 1.82) is 0 Å². The molecule has 0 fully saturated rings. The number of benzene rings is 2. The zero-order valence-electron chi connectivity index (χ0n) is 10.0. The maximum atomic E-state index is 6.23. The first-order valence-corrected chi connectivity index (χ1v) is 7.60. The summed E-state index contributed by atoms with van der Waals surface area (Å²) in [6.45, 7) is 0.592. The van der Waals surface area contributed by atoms with Crippen molar-refractivity contribution >= 4 is 63.3 Å². The maximum absolute atomic E-state index is 6.23. The van der Waals surface area contributed by atoms with Gasteiger partial charge in [0.15, 0.2) is 0 Å². The molecule has 3 nitrogen and oxygen atoms in total. The van der Waals surface area contributed by atoms with Gasteiger partial charge in [0, 0.05) is 11.6 Å². The summed E-state index contributed by atoms with van der Waals surface area (Å²) in [5, 5.41) is 5.00. The van der Waals surface area contributed by atoms with Gasteiger partial charge in [-0.05, 0) is 23.8 Å². The SMILES string of the molecule is Clc1cccc(CNc2c(Cl)cc(Cl)c3nsnc23)c1. The Morgan fingerprint density at radius 1 is 1.00 bits per heavy atom. The highest BCUT2D eigenvalue weighted by molar-refractivity contribution is 7.00. The lowest BCUT2D eigenvalue weighted by molar-refractivity contribution is 1.15. The molecule has 3 aromatic rings. The maximum Gasteiger partial charge on any atom is 0.130 e. The van der Waals surface area contributed by atoms with Crippen molar-refractivity contribution < 1.29 is 0 Å². The van der Waals surface area contributed by atoms with Crippen LogP contribution >= 0.6 is 46.5 Å². The van der Waals surface area contributed by atoms with Crippen LogP contribution < -0.4 is 5.32 Å². The molecule has 0 aliphatic heterocycles. The molecule has 0 radical (unpaired) electrons. The van der Waals surface area contributed by atoms with E-state index in [-0.39, 0.29) is 0 Å². The molecule has 1 N–H and O–H groups in total. The molecule has 0 saturated carbocycles. The van der Waals surface area contributed by atoms with Gasteiger partial charge in [-0.1, -0.05) is 46.9 Å². The fraction of sp³-hybridized carbons (Fsp3) is 0.0769. The van der Waals surface area contributed by atoms with Crippen molar-refractivity contribution in [3.05, 3.63) is 51.0 Å². The van der Waals surface area contributed by atoms with Crippen LogP contribution in [0.5, 0.6) is 0 Å². The molecule has 102 valence electrons. The van der Waals surface area contributed by atoms with Gasteiger partial charge in [-0.3, -0.25) is 0 Å². The number of aromatic nitrogens is 2. The molecule has 0 atom stereocenters. The minimum Gasteiger partial charge on any atom is -0.378 e. The van der Waals surface area contributed by atoms with E-state index in [0.29, 0.717) is 32.6 Å². The second-order valence-corrected chi connectivity index (χ2v) is 5.94. The number of nitrogens with zero attached hydrogens (tertiary/aromatic N) is 2. The number of hydrogen-bond donors (Lipinski definition) is 1. The van der Waals surface area contributed by atoms with Crippen LogP contribution in [0, 0.1) is 0 Å². The second kappa shape index (κ2) is 5.74. The van der Waals surface area contributed by atoms with E-state index in [1.807, 2.05) is 24.3 Å². The topological polar surface area (TPSA) is 37.8 Å². The van der Waals surface area contributed by atoms with E-state index in [2.05, 4.69) is 14.1 Å². The predicted molar refractivity (Wildman–Crippen MR) is 86.2 cm³/mol. The van der Waals surface area contributed by atoms with Crippen LogP contribution in [0.25, 0.3) is 11.0 Å². The molecule has 0 amide bonds. The Balaban J connectivity index is 1.93. The number of anilines is 1. The van der Waals surface area contributed by atoms with E-state index >= 15 is 0 Å². The normalized spacial score (nSPS) is 10.9. The average molecular weight is 345 g/mol. The summed E-state index contributed by atoms with van der Waals surface area (Å²) in [6.07, 6.45) is 0. The lowest BCUT2D eigenvalue weighted by Gasteiger charge is -2.10. The van der Waals surface area contributed by atoms with Gasteiger partial charge in [-0.2, -0.15) is 8.75 Å². The molecule has 0 spiro atoms. The summed E-state index contributed by atoms with van der Waals surface area (Å²) in [5.41, 5.74) is 3.14. The highest BCUT2D eigenvalue weighted by Gasteiger charge is 2.13. The molecule has 0 aliphatic rings. The molecule has 1 heterocycles. The average Bonchev–Trinajstić information content (AvgIpc) is 2.88. The van der Waals surface area contributed by atoms with E-state index in [1.54, 1.807) is 6.07 Å². The van der Waals surface area contributed by atoms with Gasteiger partial charge in [-0.15, -0.1) is 0 Å². The van der Waals surface area contributed by atoms with Gasteiger partial charge in [-0.25, -0.2) is 0 Å². The van der Waals surface area contributed by atoms with Crippen molar-refractivity contribution in [2.24, 2.45) is 0 Å². The number of fused-ring (bicyclic) bond motifs is 1. The Labute approximate surface area is 134 Å². The van der Waals surface area contributed by atoms with E-state index in [0.717, 1.165) is 23.0 Å². The Morgan fingerprint density at radius 2 is 1.80 bits per heavy atom. The van der Waals surface area contributed by atoms with Crippen LogP contribution in [-0.2, 0) is 6.54 Å². The van der Waals surface area contributed by atoms with E-state index in [1.165, 1.54) is 0 Å². The number of halogens is 3. The lowest BCUT2D eigenvalue weighted by atomic mass is 10.2. The molecule has 0 bridgehead atoms. The predicted octanol–water partition coefficient (Wildman–Crippen LogP) is 5.26. The summed E-state index contributed by atoms with van der Waals surface area (Å²) in [4.78, 5) is 0. The summed E-state index contributed by atoms with van der Waals surface area (Å²) in [7, 11) is 0. The molecule has 2 aromatic carbocycles. The molecular weight excluding hydrogens is 337 g/mol. The molecule has 3 rings (SSSR count). The minimum absolute atomic E-state index is 0.507. The monoisotopic (exact) mass is 343 g/mol. The standard InChI is InChI=1S/C13H8Cl3N3S/c14-8-3-1-2-7(4-8)6-17-11-9(15)5-10(16)12-13(11)19-20-18-12/h1-5,17H,6H2. The van der Waals surface area contributed by atoms with Gasteiger partial charge < -0.3 is 5.32 Å². The fourth-order valence-electron chi connectivity index (χ4n) is 1.88. The summed E-state index contributed by atoms with van der Waals surface area (Å²) < 4.78 is 8.41. The van der Waals surface area contributed by atoms with E-state index in [4.69, 9.17) is 34.8 Å². The van der Waals surface area contributed by atoms with Gasteiger partial charge >= 0.3 is 0 Å². The van der Waals surface area contributed by atoms with Crippen LogP contribution in [0.15, 0.2) is 30.3 Å². The van der Waals surface area contributed by atoms with Crippen LogP contribution in [-0.4, -0.2) is 8.75 Å². The van der Waals surface area contributed by atoms with Gasteiger partial charge in [0.2, 0.25) is 0 Å². The van der Waals surface area contributed by atoms with Gasteiger partial charge in [0.05, 0.1) is 27.5 Å². The summed E-state index contributed by atoms with van der Waals surface area (Å²) in [6, 6.07) is 9.30. The zero-order chi connectivity index (χ0) is 14.1. The van der Waals surface area contributed by atoms with Gasteiger partial charge in [0.1, 0.15) is 11.0 Å². The minimum atomic E-state index is 0.507. The van der Waals surface area contributed by atoms with E-state index in [9.17, 15) is 0 Å². The smallest absolute Gasteiger partial charge is 0.130 e. The van der Waals surface area contributed by atoms with Crippen molar-refractivity contribution in [2.75, 3.05) is 5.32 Å². The molecule has 0 aliphatic carbocycles. The summed E-state index contributed by atoms with van der Waals surface area (Å²) >= 11 is 19.4. The van der Waals surface area contributed by atoms with Crippen molar-refractivity contribution in [3.63, 3.8) is 0 Å². The third-order valence-corrected chi connectivity index (χ3v) is 4.15. The van der Waals surface area contributed by atoms with Crippen LogP contribution in [0.3, 0.4) is 0 Å². The first-order chi connectivity index (χ1) is 9.65. The molecule has 7 heteroatoms. The first kappa shape index (κ1) is 13.9. The third kappa shape index (κ3) is 2.69. The van der Waals surface area contributed by atoms with Crippen molar-refractivity contribution in [1.82, 2.24) is 8.75 Å². The van der Waals surface area contributed by atoms with Crippen LogP contribution in [0.2, 0.25) is 15.1 Å². The Hall–Kier alpha value is -1.07. The van der Waals surface area contributed by atoms with Crippen molar-refractivity contribution in [3.8, 4) is 0 Å². The van der Waals surface area contributed by atoms with Crippen LogP contribution in [0.4, 0.5) is 5.69 Å². The van der Waals surface area contributed by atoms with Crippen LogP contribution in [0.1, 0.15) is 5.56 Å². The summed E-state index contributed by atoms with van der Waals surface area (Å²) in [5.74, 6) is 0. The number of rotatable bonds is 3. The quantitative estimate of drug-likeness (QED) is 0.704. The Bertz CT molecular complexity index is 773. The molecule has 1 aromatic heterocycles. The largest absolute Gasteiger partial charge is 0.378 e. The third-order valence-electron chi connectivity index (χ3n) is 2.80. The Morgan fingerprint density at radius 3 is 2.60 bits per heavy atom. The van der Waals surface area contributed by atoms with Gasteiger partial charge in [0.25, 0.3) is 0 Å². The number of hydrogen-bond acceptors (Lipinski definition) is 4. The highest BCUT2D eigenvalue weighted by Crippen LogP contribution is 2.35. The lowest BCUT2D eigenvalue weighted by Crippen LogP contribution is -2.01. The van der Waals surface area contributed by atoms with Crippen molar-refractivity contribution in [2.45, 2.75) is 6.54 Å². The number of nitrogens with one attached hydrogen (secondary N) is 1. The Kier molecular flexibility index (Phi) is 3.98. The molecular formula is C13H8Cl3N3S. The first-order valence-electron chi connectivity index (χ1n) is 5.74. The van der Waals surface area contributed by atoms with E-state index < -0.39 is 0 Å². The fourth-order valence-corrected chi connectivity index (χ4v) is 3.27. The molecule has 0 unspecified atom stereocenters. The molecule has 0 saturated heterocycles. The zero-order valence-corrected chi connectivity index (χ0v) is 13.1.